The van der Waals surface area contributed by atoms with Crippen molar-refractivity contribution >= 4 is 0 Å². The second-order valence-electron chi connectivity index (χ2n) is 6.00. The van der Waals surface area contributed by atoms with E-state index >= 15 is 0 Å². The maximum atomic E-state index is 4.47. The van der Waals surface area contributed by atoms with Gasteiger partial charge >= 0.3 is 0 Å². The van der Waals surface area contributed by atoms with E-state index in [4.69, 9.17) is 0 Å². The summed E-state index contributed by atoms with van der Waals surface area (Å²) in [5.74, 6) is 0. The monoisotopic (exact) mass is 305 g/mol. The highest BCUT2D eigenvalue weighted by molar-refractivity contribution is 5.63. The van der Waals surface area contributed by atoms with E-state index in [0.29, 0.717) is 0 Å². The number of nitrogens with zero attached hydrogens (tertiary/aromatic N) is 3. The summed E-state index contributed by atoms with van der Waals surface area (Å²) in [6.07, 6.45) is 3.29. The van der Waals surface area contributed by atoms with Crippen molar-refractivity contribution in [2.75, 3.05) is 0 Å². The van der Waals surface area contributed by atoms with Crippen LogP contribution < -0.4 is 0 Å². The van der Waals surface area contributed by atoms with Gasteiger partial charge in [0.1, 0.15) is 0 Å². The fraction of sp³-hybridized carbons (Fsp3) is 0.300. The van der Waals surface area contributed by atoms with Crippen molar-refractivity contribution in [3.63, 3.8) is 0 Å². The molecule has 23 heavy (non-hydrogen) atoms. The SMILES string of the molecule is CCCCc1nnn(Cc2ccccc2)c1-c1cccc(C)c1. The van der Waals surface area contributed by atoms with Crippen LogP contribution in [-0.2, 0) is 13.0 Å². The van der Waals surface area contributed by atoms with Gasteiger partial charge in [-0.25, -0.2) is 4.68 Å². The number of hydrogen-bond donors (Lipinski definition) is 0. The van der Waals surface area contributed by atoms with Crippen LogP contribution in [0.5, 0.6) is 0 Å². The van der Waals surface area contributed by atoms with Crippen LogP contribution in [0.15, 0.2) is 54.6 Å². The molecule has 0 amide bonds. The third-order valence-electron chi connectivity index (χ3n) is 4.04. The average molecular weight is 305 g/mol. The lowest BCUT2D eigenvalue weighted by Crippen LogP contribution is -2.04. The highest BCUT2D eigenvalue weighted by atomic mass is 15.4. The fourth-order valence-corrected chi connectivity index (χ4v) is 2.84. The standard InChI is InChI=1S/C20H23N3/c1-3-4-13-19-20(18-12-8-9-16(2)14-18)23(22-21-19)15-17-10-6-5-7-11-17/h5-12,14H,3-4,13,15H2,1-2H3. The van der Waals surface area contributed by atoms with E-state index < -0.39 is 0 Å². The summed E-state index contributed by atoms with van der Waals surface area (Å²) in [5.41, 5.74) is 5.97. The Balaban J connectivity index is 2.00. The van der Waals surface area contributed by atoms with Crippen molar-refractivity contribution in [3.05, 3.63) is 71.4 Å². The van der Waals surface area contributed by atoms with Gasteiger partial charge in [0.05, 0.1) is 17.9 Å². The lowest BCUT2D eigenvalue weighted by atomic mass is 10.0. The van der Waals surface area contributed by atoms with Gasteiger partial charge in [0.25, 0.3) is 0 Å². The number of benzene rings is 2. The smallest absolute Gasteiger partial charge is 0.0921 e. The number of rotatable bonds is 6. The molecule has 3 heteroatoms. The minimum absolute atomic E-state index is 0.753. The second-order valence-corrected chi connectivity index (χ2v) is 6.00. The molecule has 1 aromatic heterocycles. The van der Waals surface area contributed by atoms with Crippen molar-refractivity contribution in [1.82, 2.24) is 15.0 Å². The van der Waals surface area contributed by atoms with Gasteiger partial charge < -0.3 is 0 Å². The topological polar surface area (TPSA) is 30.7 Å². The molecular formula is C20H23N3. The number of aryl methyl sites for hydroxylation is 2. The van der Waals surface area contributed by atoms with Crippen LogP contribution in [0, 0.1) is 6.92 Å². The summed E-state index contributed by atoms with van der Waals surface area (Å²) < 4.78 is 2.04. The molecule has 0 N–H and O–H groups in total. The molecule has 2 aromatic carbocycles. The number of aromatic nitrogens is 3. The largest absolute Gasteiger partial charge is 0.240 e. The summed E-state index contributed by atoms with van der Waals surface area (Å²) >= 11 is 0. The average Bonchev–Trinajstić information content (AvgIpc) is 2.96. The first-order valence-electron chi connectivity index (χ1n) is 8.31. The van der Waals surface area contributed by atoms with E-state index in [1.165, 1.54) is 23.1 Å². The summed E-state index contributed by atoms with van der Waals surface area (Å²) in [4.78, 5) is 0. The molecule has 0 aliphatic heterocycles. The molecule has 0 unspecified atom stereocenters. The third kappa shape index (κ3) is 3.67. The zero-order chi connectivity index (χ0) is 16.1. The van der Waals surface area contributed by atoms with Crippen LogP contribution in [-0.4, -0.2) is 15.0 Å². The number of hydrogen-bond acceptors (Lipinski definition) is 2. The minimum atomic E-state index is 0.753. The molecule has 1 heterocycles. The van der Waals surface area contributed by atoms with Gasteiger partial charge in [-0.05, 0) is 31.4 Å². The first-order chi connectivity index (χ1) is 11.3. The lowest BCUT2D eigenvalue weighted by Gasteiger charge is -2.09. The first kappa shape index (κ1) is 15.5. The van der Waals surface area contributed by atoms with Crippen molar-refractivity contribution in [2.24, 2.45) is 0 Å². The molecular weight excluding hydrogens is 282 g/mol. The predicted octanol–water partition coefficient (Wildman–Crippen LogP) is 4.64. The first-order valence-corrected chi connectivity index (χ1v) is 8.31. The lowest BCUT2D eigenvalue weighted by molar-refractivity contribution is 0.654. The molecule has 3 rings (SSSR count). The Bertz CT molecular complexity index is 760. The van der Waals surface area contributed by atoms with Crippen LogP contribution >= 0.6 is 0 Å². The van der Waals surface area contributed by atoms with Crippen molar-refractivity contribution in [3.8, 4) is 11.3 Å². The van der Waals surface area contributed by atoms with Gasteiger partial charge in [-0.3, -0.25) is 0 Å². The Morgan fingerprint density at radius 3 is 2.57 bits per heavy atom. The Morgan fingerprint density at radius 2 is 1.83 bits per heavy atom. The third-order valence-corrected chi connectivity index (χ3v) is 4.04. The summed E-state index contributed by atoms with van der Waals surface area (Å²) in [5, 5.41) is 8.91. The molecule has 3 aromatic rings. The maximum absolute atomic E-state index is 4.47. The van der Waals surface area contributed by atoms with Gasteiger partial charge in [0, 0.05) is 5.56 Å². The molecule has 0 spiro atoms. The van der Waals surface area contributed by atoms with Crippen LogP contribution in [0.2, 0.25) is 0 Å². The molecule has 0 bridgehead atoms. The van der Waals surface area contributed by atoms with Gasteiger partial charge in [0.15, 0.2) is 0 Å². The summed E-state index contributed by atoms with van der Waals surface area (Å²) in [7, 11) is 0. The molecule has 3 nitrogen and oxygen atoms in total. The van der Waals surface area contributed by atoms with Crippen molar-refractivity contribution < 1.29 is 0 Å². The Hall–Kier alpha value is -2.42. The summed E-state index contributed by atoms with van der Waals surface area (Å²) in [6, 6.07) is 19.0. The molecule has 0 fully saturated rings. The van der Waals surface area contributed by atoms with Crippen LogP contribution in [0.3, 0.4) is 0 Å². The second kappa shape index (κ2) is 7.23. The zero-order valence-corrected chi connectivity index (χ0v) is 13.9. The molecule has 0 aliphatic carbocycles. The van der Waals surface area contributed by atoms with E-state index in [2.05, 4.69) is 72.7 Å². The quantitative estimate of drug-likeness (QED) is 0.664. The predicted molar refractivity (Wildman–Crippen MR) is 94.4 cm³/mol. The minimum Gasteiger partial charge on any atom is -0.240 e. The van der Waals surface area contributed by atoms with E-state index in [1.807, 2.05) is 10.7 Å². The van der Waals surface area contributed by atoms with Crippen LogP contribution in [0.4, 0.5) is 0 Å². The van der Waals surface area contributed by atoms with E-state index in [9.17, 15) is 0 Å². The highest BCUT2D eigenvalue weighted by Crippen LogP contribution is 2.25. The van der Waals surface area contributed by atoms with E-state index in [1.54, 1.807) is 0 Å². The molecule has 0 aliphatic rings. The van der Waals surface area contributed by atoms with Gasteiger partial charge in [-0.15, -0.1) is 5.10 Å². The van der Waals surface area contributed by atoms with Gasteiger partial charge in [0.2, 0.25) is 0 Å². The van der Waals surface area contributed by atoms with Gasteiger partial charge in [-0.2, -0.15) is 0 Å². The number of unbranched alkanes of at least 4 members (excludes halogenated alkanes) is 1. The molecule has 118 valence electrons. The summed E-state index contributed by atoms with van der Waals surface area (Å²) in [6.45, 7) is 5.09. The molecule has 0 saturated heterocycles. The van der Waals surface area contributed by atoms with Crippen molar-refractivity contribution in [1.29, 1.82) is 0 Å². The van der Waals surface area contributed by atoms with Gasteiger partial charge in [-0.1, -0.05) is 72.7 Å². The van der Waals surface area contributed by atoms with E-state index in [-0.39, 0.29) is 0 Å². The zero-order valence-electron chi connectivity index (χ0n) is 13.9. The molecule has 0 saturated carbocycles. The Labute approximate surface area is 138 Å². The fourth-order valence-electron chi connectivity index (χ4n) is 2.84. The molecule has 0 atom stereocenters. The maximum Gasteiger partial charge on any atom is 0.0921 e. The highest BCUT2D eigenvalue weighted by Gasteiger charge is 2.15. The molecule has 0 radical (unpaired) electrons. The Kier molecular flexibility index (Phi) is 4.86. The van der Waals surface area contributed by atoms with E-state index in [0.717, 1.165) is 30.8 Å². The Morgan fingerprint density at radius 1 is 1.00 bits per heavy atom. The normalized spacial score (nSPS) is 10.9. The van der Waals surface area contributed by atoms with Crippen LogP contribution in [0.1, 0.15) is 36.6 Å². The van der Waals surface area contributed by atoms with Crippen molar-refractivity contribution in [2.45, 2.75) is 39.7 Å². The van der Waals surface area contributed by atoms with Crippen LogP contribution in [0.25, 0.3) is 11.3 Å².